The second-order valence-electron chi connectivity index (χ2n) is 13.5. The Morgan fingerprint density at radius 3 is 2.43 bits per heavy atom. The lowest BCUT2D eigenvalue weighted by Crippen LogP contribution is -2.54. The van der Waals surface area contributed by atoms with Gasteiger partial charge in [0.05, 0.1) is 28.3 Å². The summed E-state index contributed by atoms with van der Waals surface area (Å²) in [5, 5.41) is 6.11. The van der Waals surface area contributed by atoms with Gasteiger partial charge in [-0.25, -0.2) is 9.78 Å². The summed E-state index contributed by atoms with van der Waals surface area (Å²) in [4.78, 5) is 50.4. The van der Waals surface area contributed by atoms with Crippen LogP contribution in [-0.2, 0) is 9.53 Å². The van der Waals surface area contributed by atoms with Crippen LogP contribution in [0.4, 0.5) is 25.0 Å². The van der Waals surface area contributed by atoms with Gasteiger partial charge in [0.15, 0.2) is 0 Å². The van der Waals surface area contributed by atoms with Gasteiger partial charge in [-0.3, -0.25) is 19.1 Å². The lowest BCUT2D eigenvalue weighted by Gasteiger charge is -2.37. The van der Waals surface area contributed by atoms with E-state index in [4.69, 9.17) is 9.47 Å². The average Bonchev–Trinajstić information content (AvgIpc) is 3.69. The molecule has 0 radical (unpaired) electrons. The maximum atomic E-state index is 13.6. The van der Waals surface area contributed by atoms with E-state index in [0.717, 1.165) is 38.3 Å². The third-order valence-corrected chi connectivity index (χ3v) is 8.98. The lowest BCUT2D eigenvalue weighted by atomic mass is 10.1. The van der Waals surface area contributed by atoms with Gasteiger partial charge in [-0.2, -0.15) is 8.78 Å². The third-order valence-electron chi connectivity index (χ3n) is 8.98. The largest absolute Gasteiger partial charge is 0.444 e. The Hall–Kier alpha value is -4.30. The van der Waals surface area contributed by atoms with Gasteiger partial charge in [0.25, 0.3) is 5.56 Å². The first-order valence-electron chi connectivity index (χ1n) is 15.9. The average molecular weight is 654 g/mol. The molecule has 0 spiro atoms. The highest BCUT2D eigenvalue weighted by Gasteiger charge is 2.54. The number of anilines is 2. The Kier molecular flexibility index (Phi) is 8.83. The molecule has 1 aromatic heterocycles. The van der Waals surface area contributed by atoms with Gasteiger partial charge < -0.3 is 29.9 Å². The maximum absolute atomic E-state index is 13.6. The number of alkyl halides is 2. The summed E-state index contributed by atoms with van der Waals surface area (Å²) in [7, 11) is 2.04. The standard InChI is InChI=1S/C33H41F2N7O5/c1-32(2,3)47-31(45)37-21-9-12-40(19-21)22-5-7-24-25(17-22)36-20-42(28(24)43)23-6-8-27(46-30(34)35)26(18-23)38-29(44)33(10-11-33)41-15-13-39(4)14-16-41/h5-8,17-18,20-21,30H,9-16,19H2,1-4H3,(H,37,45)(H,38,44)/t21-/m0/s1. The monoisotopic (exact) mass is 653 g/mol. The summed E-state index contributed by atoms with van der Waals surface area (Å²) in [5.41, 5.74) is 0.123. The SMILES string of the molecule is CN1CCN(C2(C(=O)Nc3cc(-n4cnc5cc(N6CC[C@H](NC(=O)OC(C)(C)C)C6)ccc5c4=O)ccc3OC(F)F)CC2)CC1. The van der Waals surface area contributed by atoms with Crippen LogP contribution >= 0.6 is 0 Å². The second kappa shape index (κ2) is 12.7. The number of hydrogen-bond acceptors (Lipinski definition) is 9. The molecule has 47 heavy (non-hydrogen) atoms. The molecule has 12 nitrogen and oxygen atoms in total. The van der Waals surface area contributed by atoms with Crippen LogP contribution < -0.4 is 25.8 Å². The summed E-state index contributed by atoms with van der Waals surface area (Å²) in [6, 6.07) is 9.55. The van der Waals surface area contributed by atoms with E-state index in [1.807, 2.05) is 40.0 Å². The van der Waals surface area contributed by atoms with Crippen molar-refractivity contribution in [2.75, 3.05) is 56.5 Å². The van der Waals surface area contributed by atoms with E-state index in [1.165, 1.54) is 29.1 Å². The van der Waals surface area contributed by atoms with E-state index < -0.39 is 23.8 Å². The molecule has 2 aromatic carbocycles. The number of nitrogens with one attached hydrogen (secondary N) is 2. The number of alkyl carbamates (subject to hydrolysis) is 1. The maximum Gasteiger partial charge on any atom is 0.407 e. The number of nitrogens with zero attached hydrogens (tertiary/aromatic N) is 5. The van der Waals surface area contributed by atoms with Crippen molar-refractivity contribution in [3.8, 4) is 11.4 Å². The van der Waals surface area contributed by atoms with Gasteiger partial charge in [0, 0.05) is 45.0 Å². The van der Waals surface area contributed by atoms with Gasteiger partial charge in [-0.05, 0) is 83.5 Å². The van der Waals surface area contributed by atoms with Crippen LogP contribution in [0.3, 0.4) is 0 Å². The van der Waals surface area contributed by atoms with E-state index in [9.17, 15) is 23.2 Å². The fraction of sp³-hybridized carbons (Fsp3) is 0.515. The van der Waals surface area contributed by atoms with Crippen LogP contribution in [0.15, 0.2) is 47.5 Å². The molecule has 3 aliphatic rings. The van der Waals surface area contributed by atoms with Crippen molar-refractivity contribution < 1.29 is 27.8 Å². The lowest BCUT2D eigenvalue weighted by molar-refractivity contribution is -0.123. The highest BCUT2D eigenvalue weighted by molar-refractivity contribution is 6.01. The minimum Gasteiger partial charge on any atom is -0.444 e. The molecule has 1 aliphatic carbocycles. The molecule has 1 saturated carbocycles. The van der Waals surface area contributed by atoms with Crippen LogP contribution in [0.25, 0.3) is 16.6 Å². The number of ether oxygens (including phenoxy) is 2. The number of amides is 2. The van der Waals surface area contributed by atoms with E-state index in [-0.39, 0.29) is 28.9 Å². The van der Waals surface area contributed by atoms with Crippen molar-refractivity contribution in [2.45, 2.75) is 63.8 Å². The van der Waals surface area contributed by atoms with Gasteiger partial charge in [0.1, 0.15) is 23.2 Å². The quantitative estimate of drug-likeness (QED) is 0.374. The Labute approximate surface area is 271 Å². The van der Waals surface area contributed by atoms with Crippen molar-refractivity contribution in [3.05, 3.63) is 53.1 Å². The Bertz CT molecular complexity index is 1710. The Morgan fingerprint density at radius 2 is 1.74 bits per heavy atom. The predicted octanol–water partition coefficient (Wildman–Crippen LogP) is 3.81. The van der Waals surface area contributed by atoms with Crippen LogP contribution in [0.2, 0.25) is 0 Å². The molecule has 6 rings (SSSR count). The van der Waals surface area contributed by atoms with Crippen molar-refractivity contribution in [1.29, 1.82) is 0 Å². The normalized spacial score (nSPS) is 20.0. The van der Waals surface area contributed by atoms with Crippen LogP contribution in [-0.4, -0.2) is 101 Å². The number of piperazine rings is 1. The predicted molar refractivity (Wildman–Crippen MR) is 174 cm³/mol. The Morgan fingerprint density at radius 1 is 1.02 bits per heavy atom. The molecular weight excluding hydrogens is 612 g/mol. The number of benzene rings is 2. The van der Waals surface area contributed by atoms with Gasteiger partial charge in [-0.15, -0.1) is 0 Å². The molecule has 14 heteroatoms. The minimum atomic E-state index is -3.10. The van der Waals surface area contributed by atoms with E-state index >= 15 is 0 Å². The van der Waals surface area contributed by atoms with Crippen molar-refractivity contribution in [3.63, 3.8) is 0 Å². The number of aromatic nitrogens is 2. The van der Waals surface area contributed by atoms with Crippen LogP contribution in [0.1, 0.15) is 40.0 Å². The number of fused-ring (bicyclic) bond motifs is 1. The molecule has 2 aliphatic heterocycles. The molecule has 2 N–H and O–H groups in total. The van der Waals surface area contributed by atoms with Gasteiger partial charge in [-0.1, -0.05) is 0 Å². The zero-order valence-electron chi connectivity index (χ0n) is 27.1. The van der Waals surface area contributed by atoms with E-state index in [2.05, 4.69) is 30.3 Å². The highest BCUT2D eigenvalue weighted by atomic mass is 19.3. The number of carbonyl (C=O) groups is 2. The number of carbonyl (C=O) groups excluding carboxylic acids is 2. The molecule has 252 valence electrons. The third kappa shape index (κ3) is 7.18. The first kappa shape index (κ1) is 32.6. The number of rotatable bonds is 8. The van der Waals surface area contributed by atoms with Gasteiger partial charge >= 0.3 is 12.7 Å². The summed E-state index contributed by atoms with van der Waals surface area (Å²) >= 11 is 0. The van der Waals surface area contributed by atoms with E-state index in [1.54, 1.807) is 6.07 Å². The highest BCUT2D eigenvalue weighted by Crippen LogP contribution is 2.44. The molecular formula is C33H41F2N7O5. The first-order valence-corrected chi connectivity index (χ1v) is 15.9. The summed E-state index contributed by atoms with van der Waals surface area (Å²) in [6.07, 6.45) is 3.03. The molecule has 0 bridgehead atoms. The Balaban J connectivity index is 1.21. The zero-order chi connectivity index (χ0) is 33.5. The number of hydrogen-bond donors (Lipinski definition) is 2. The topological polar surface area (TPSA) is 121 Å². The van der Waals surface area contributed by atoms with Crippen LogP contribution in [0.5, 0.6) is 5.75 Å². The molecule has 2 amide bonds. The van der Waals surface area contributed by atoms with Crippen molar-refractivity contribution in [2.24, 2.45) is 0 Å². The smallest absolute Gasteiger partial charge is 0.407 e. The van der Waals surface area contributed by atoms with Crippen molar-refractivity contribution in [1.82, 2.24) is 24.7 Å². The summed E-state index contributed by atoms with van der Waals surface area (Å²) in [6.45, 7) is 6.81. The van der Waals surface area contributed by atoms with Crippen LogP contribution in [0, 0.1) is 0 Å². The molecule has 1 atom stereocenters. The number of likely N-dealkylation sites (N-methyl/N-ethyl adjacent to an activating group) is 1. The zero-order valence-corrected chi connectivity index (χ0v) is 27.1. The molecule has 0 unspecified atom stereocenters. The number of halogens is 2. The first-order chi connectivity index (χ1) is 22.3. The van der Waals surface area contributed by atoms with E-state index in [0.29, 0.717) is 42.5 Å². The van der Waals surface area contributed by atoms with Crippen molar-refractivity contribution >= 4 is 34.3 Å². The minimum absolute atomic E-state index is 0.0547. The second-order valence-corrected chi connectivity index (χ2v) is 13.5. The van der Waals surface area contributed by atoms with Gasteiger partial charge in [0.2, 0.25) is 5.91 Å². The fourth-order valence-electron chi connectivity index (χ4n) is 6.32. The molecule has 3 fully saturated rings. The summed E-state index contributed by atoms with van der Waals surface area (Å²) < 4.78 is 38.1. The molecule has 2 saturated heterocycles. The summed E-state index contributed by atoms with van der Waals surface area (Å²) in [5.74, 6) is -0.469. The fourth-order valence-corrected chi connectivity index (χ4v) is 6.32. The molecule has 3 aromatic rings. The molecule has 3 heterocycles.